The van der Waals surface area contributed by atoms with Crippen LogP contribution in [0.4, 0.5) is 0 Å². The van der Waals surface area contributed by atoms with Crippen molar-refractivity contribution in [1.82, 2.24) is 5.09 Å². The van der Waals surface area contributed by atoms with Crippen LogP contribution < -0.4 is 5.09 Å². The quantitative estimate of drug-likeness (QED) is 0.0653. The molecule has 0 aromatic carbocycles. The normalized spacial score (nSPS) is 12.1. The number of hydrogen-bond donors (Lipinski definition) is 1. The van der Waals surface area contributed by atoms with Gasteiger partial charge in [-0.3, -0.25) is 0 Å². The summed E-state index contributed by atoms with van der Waals surface area (Å²) in [6.45, 7) is 10.7. The Bertz CT molecular complexity index is 362. The first-order chi connectivity index (χ1) is 17.7. The van der Waals surface area contributed by atoms with Crippen molar-refractivity contribution in [2.75, 3.05) is 25.0 Å². The van der Waals surface area contributed by atoms with Crippen molar-refractivity contribution < 1.29 is 0 Å². The van der Waals surface area contributed by atoms with Crippen LogP contribution in [0, 0.1) is 0 Å². The second-order valence-corrected chi connectivity index (χ2v) is 16.6. The smallest absolute Gasteiger partial charge is 0.147 e. The SMILES string of the molecule is CCCCCCCCCCN[PH](CCCCCCCC)(CCCCCCCC)CCCCCCCC.Cl. The van der Waals surface area contributed by atoms with E-state index in [9.17, 15) is 0 Å². The van der Waals surface area contributed by atoms with E-state index < -0.39 is 7.41 Å². The fraction of sp³-hybridized carbons (Fsp3) is 1.00. The van der Waals surface area contributed by atoms with Gasteiger partial charge in [0.1, 0.15) is 0 Å². The summed E-state index contributed by atoms with van der Waals surface area (Å²) < 4.78 is 0. The van der Waals surface area contributed by atoms with Crippen LogP contribution in [0.2, 0.25) is 0 Å². The van der Waals surface area contributed by atoms with Gasteiger partial charge in [-0.1, -0.05) is 0 Å². The molecule has 0 saturated carbocycles. The van der Waals surface area contributed by atoms with E-state index in [1.165, 1.54) is 173 Å². The molecule has 0 aliphatic rings. The van der Waals surface area contributed by atoms with E-state index in [4.69, 9.17) is 0 Å². The molecule has 0 amide bonds. The average Bonchev–Trinajstić information content (AvgIpc) is 2.89. The van der Waals surface area contributed by atoms with Crippen molar-refractivity contribution in [3.63, 3.8) is 0 Å². The van der Waals surface area contributed by atoms with Gasteiger partial charge in [0, 0.05) is 0 Å². The molecule has 0 aromatic rings. The molecule has 0 aliphatic carbocycles. The summed E-state index contributed by atoms with van der Waals surface area (Å²) in [5.41, 5.74) is 0. The van der Waals surface area contributed by atoms with Crippen LogP contribution in [0.25, 0.3) is 0 Å². The van der Waals surface area contributed by atoms with E-state index in [-0.39, 0.29) is 12.4 Å². The summed E-state index contributed by atoms with van der Waals surface area (Å²) in [7, 11) is -1.34. The third kappa shape index (κ3) is 28.0. The zero-order valence-electron chi connectivity index (χ0n) is 26.6. The number of unbranched alkanes of at least 4 members (excludes halogenated alkanes) is 22. The predicted molar refractivity (Wildman–Crippen MR) is 181 cm³/mol. The molecule has 0 atom stereocenters. The number of nitrogens with one attached hydrogen (secondary N) is 1. The van der Waals surface area contributed by atoms with Crippen LogP contribution in [0.1, 0.15) is 195 Å². The van der Waals surface area contributed by atoms with Gasteiger partial charge in [-0.15, -0.1) is 12.4 Å². The van der Waals surface area contributed by atoms with Crippen LogP contribution in [0.3, 0.4) is 0 Å². The van der Waals surface area contributed by atoms with E-state index in [1.807, 2.05) is 0 Å². The zero-order chi connectivity index (χ0) is 26.4. The van der Waals surface area contributed by atoms with Crippen molar-refractivity contribution in [1.29, 1.82) is 0 Å². The molecule has 0 saturated heterocycles. The van der Waals surface area contributed by atoms with Gasteiger partial charge in [0.05, 0.1) is 0 Å². The summed E-state index contributed by atoms with van der Waals surface area (Å²) in [6.07, 6.45) is 42.5. The minimum Gasteiger partial charge on any atom is -0.147 e. The third-order valence-electron chi connectivity index (χ3n) is 8.56. The molecule has 0 fully saturated rings. The van der Waals surface area contributed by atoms with Gasteiger partial charge in [-0.05, 0) is 0 Å². The monoisotopic (exact) mass is 564 g/mol. The van der Waals surface area contributed by atoms with Gasteiger partial charge in [0.15, 0.2) is 0 Å². The Balaban J connectivity index is 0. The molecule has 0 aromatic heterocycles. The minimum atomic E-state index is -1.34. The topological polar surface area (TPSA) is 12.0 Å². The molecular weight excluding hydrogens is 489 g/mol. The first kappa shape index (κ1) is 39.8. The molecule has 0 radical (unpaired) electrons. The van der Waals surface area contributed by atoms with Crippen LogP contribution in [-0.2, 0) is 0 Å². The fourth-order valence-electron chi connectivity index (χ4n) is 5.98. The molecule has 0 aliphatic heterocycles. The Morgan fingerprint density at radius 1 is 0.324 bits per heavy atom. The largest absolute Gasteiger partial charge is 0.147 e. The molecule has 1 N–H and O–H groups in total. The summed E-state index contributed by atoms with van der Waals surface area (Å²) in [5, 5.41) is 4.39. The van der Waals surface area contributed by atoms with E-state index in [2.05, 4.69) is 32.8 Å². The molecule has 0 bridgehead atoms. The Morgan fingerprint density at radius 3 is 0.865 bits per heavy atom. The van der Waals surface area contributed by atoms with Crippen LogP contribution in [0.15, 0.2) is 0 Å². The Hall–Kier alpha value is 0.680. The predicted octanol–water partition coefficient (Wildman–Crippen LogP) is 12.9. The maximum atomic E-state index is 4.39. The average molecular weight is 564 g/mol. The van der Waals surface area contributed by atoms with E-state index in [0.717, 1.165) is 0 Å². The number of hydrogen-bond acceptors (Lipinski definition) is 1. The van der Waals surface area contributed by atoms with Gasteiger partial charge in [-0.2, -0.15) is 0 Å². The molecular formula is C34H75ClNP. The molecule has 37 heavy (non-hydrogen) atoms. The maximum absolute atomic E-state index is 4.39. The summed E-state index contributed by atoms with van der Waals surface area (Å²) in [6, 6.07) is 0. The van der Waals surface area contributed by atoms with E-state index >= 15 is 0 Å². The molecule has 3 heteroatoms. The van der Waals surface area contributed by atoms with Crippen LogP contribution in [-0.4, -0.2) is 25.0 Å². The van der Waals surface area contributed by atoms with Crippen molar-refractivity contribution in [3.05, 3.63) is 0 Å². The molecule has 1 nitrogen and oxygen atoms in total. The van der Waals surface area contributed by atoms with Crippen molar-refractivity contribution in [2.24, 2.45) is 0 Å². The molecule has 0 rings (SSSR count). The molecule has 0 heterocycles. The van der Waals surface area contributed by atoms with Gasteiger partial charge in [-0.25, -0.2) is 0 Å². The summed E-state index contributed by atoms with van der Waals surface area (Å²) in [5.74, 6) is 0. The summed E-state index contributed by atoms with van der Waals surface area (Å²) >= 11 is 0. The zero-order valence-corrected chi connectivity index (χ0v) is 28.4. The van der Waals surface area contributed by atoms with Crippen molar-refractivity contribution >= 4 is 19.8 Å². The molecule has 0 unspecified atom stereocenters. The van der Waals surface area contributed by atoms with Gasteiger partial charge < -0.3 is 0 Å². The number of halogens is 1. The second kappa shape index (κ2) is 32.9. The maximum Gasteiger partial charge on any atom is -0.147 e. The van der Waals surface area contributed by atoms with E-state index in [0.29, 0.717) is 0 Å². The van der Waals surface area contributed by atoms with Gasteiger partial charge in [0.25, 0.3) is 0 Å². The Labute approximate surface area is 244 Å². The number of rotatable bonds is 31. The van der Waals surface area contributed by atoms with Crippen molar-refractivity contribution in [3.8, 4) is 0 Å². The first-order valence-electron chi connectivity index (χ1n) is 17.5. The van der Waals surface area contributed by atoms with E-state index in [1.54, 1.807) is 18.5 Å². The third-order valence-corrected chi connectivity index (χ3v) is 13.5. The summed E-state index contributed by atoms with van der Waals surface area (Å²) in [4.78, 5) is 0. The standard InChI is InChI=1S/C34H74NP.ClH/c1-5-9-13-17-21-22-23-27-31-35-36(32-28-24-18-14-10-6-2,33-29-25-19-15-11-7-3)34-30-26-20-16-12-8-4;/h35-36H,5-34H2,1-4H3;1H. The molecule has 0 spiro atoms. The Morgan fingerprint density at radius 2 is 0.568 bits per heavy atom. The fourth-order valence-corrected chi connectivity index (χ4v) is 10.8. The van der Waals surface area contributed by atoms with Crippen LogP contribution >= 0.6 is 19.8 Å². The first-order valence-corrected chi connectivity index (χ1v) is 20.1. The van der Waals surface area contributed by atoms with Crippen molar-refractivity contribution in [2.45, 2.75) is 195 Å². The van der Waals surface area contributed by atoms with Gasteiger partial charge in [0.2, 0.25) is 0 Å². The Kier molecular flexibility index (Phi) is 35.4. The second-order valence-electron chi connectivity index (χ2n) is 12.2. The van der Waals surface area contributed by atoms with Gasteiger partial charge >= 0.3 is 232 Å². The molecule has 228 valence electrons. The minimum absolute atomic E-state index is 0. The van der Waals surface area contributed by atoms with Crippen LogP contribution in [0.5, 0.6) is 0 Å².